The molecule has 166 valence electrons. The van der Waals surface area contributed by atoms with Gasteiger partial charge in [0.2, 0.25) is 5.88 Å². The first-order chi connectivity index (χ1) is 14.5. The van der Waals surface area contributed by atoms with E-state index in [1.807, 2.05) is 6.92 Å². The molecule has 0 radical (unpaired) electrons. The van der Waals surface area contributed by atoms with Crippen LogP contribution in [0.25, 0.3) is 5.69 Å². The molecule has 3 rings (SSSR count). The number of pyridine rings is 1. The SMILES string of the molecule is CCNc1cc(Cn2c(C)c(O)n(-c3ccc(S(=O)(=O)C(F)(F)F)cc3)c2=O)ccn1. The van der Waals surface area contributed by atoms with Gasteiger partial charge in [0.1, 0.15) is 5.82 Å². The number of nitrogens with one attached hydrogen (secondary N) is 1. The number of nitrogens with zero attached hydrogens (tertiary/aromatic N) is 3. The summed E-state index contributed by atoms with van der Waals surface area (Å²) in [5.74, 6) is 0.216. The third kappa shape index (κ3) is 4.15. The van der Waals surface area contributed by atoms with Gasteiger partial charge in [0.15, 0.2) is 0 Å². The summed E-state index contributed by atoms with van der Waals surface area (Å²) in [6.07, 6.45) is 1.57. The second kappa shape index (κ2) is 8.10. The first kappa shape index (κ1) is 22.4. The number of hydrogen-bond donors (Lipinski definition) is 2. The summed E-state index contributed by atoms with van der Waals surface area (Å²) in [5, 5.41) is 13.5. The van der Waals surface area contributed by atoms with Crippen molar-refractivity contribution in [2.24, 2.45) is 0 Å². The lowest BCUT2D eigenvalue weighted by atomic mass is 10.2. The van der Waals surface area contributed by atoms with Crippen molar-refractivity contribution in [1.82, 2.24) is 14.1 Å². The zero-order valence-corrected chi connectivity index (χ0v) is 17.3. The molecular weight excluding hydrogens is 437 g/mol. The fraction of sp³-hybridized carbons (Fsp3) is 0.263. The van der Waals surface area contributed by atoms with Gasteiger partial charge < -0.3 is 10.4 Å². The van der Waals surface area contributed by atoms with Crippen molar-refractivity contribution in [3.63, 3.8) is 0 Å². The van der Waals surface area contributed by atoms with Crippen LogP contribution in [0.2, 0.25) is 0 Å². The summed E-state index contributed by atoms with van der Waals surface area (Å²) >= 11 is 0. The quantitative estimate of drug-likeness (QED) is 0.591. The second-order valence-corrected chi connectivity index (χ2v) is 8.58. The molecule has 0 unspecified atom stereocenters. The Morgan fingerprint density at radius 1 is 1.16 bits per heavy atom. The monoisotopic (exact) mass is 456 g/mol. The molecule has 3 aromatic rings. The highest BCUT2D eigenvalue weighted by Gasteiger charge is 2.46. The van der Waals surface area contributed by atoms with Crippen LogP contribution < -0.4 is 11.0 Å². The molecule has 2 heterocycles. The van der Waals surface area contributed by atoms with E-state index in [-0.39, 0.29) is 17.9 Å². The highest BCUT2D eigenvalue weighted by molar-refractivity contribution is 7.92. The number of alkyl halides is 3. The summed E-state index contributed by atoms with van der Waals surface area (Å²) in [5.41, 5.74) is -5.08. The number of imidazole rings is 1. The maximum Gasteiger partial charge on any atom is 0.501 e. The Kier molecular flexibility index (Phi) is 5.85. The van der Waals surface area contributed by atoms with E-state index in [0.29, 0.717) is 12.4 Å². The molecule has 0 saturated heterocycles. The van der Waals surface area contributed by atoms with Gasteiger partial charge in [0, 0.05) is 12.7 Å². The van der Waals surface area contributed by atoms with Crippen molar-refractivity contribution in [2.75, 3.05) is 11.9 Å². The number of benzene rings is 1. The van der Waals surface area contributed by atoms with Crippen LogP contribution in [-0.4, -0.2) is 39.7 Å². The minimum Gasteiger partial charge on any atom is -0.493 e. The summed E-state index contributed by atoms with van der Waals surface area (Å²) in [4.78, 5) is 16.1. The van der Waals surface area contributed by atoms with Gasteiger partial charge in [0.05, 0.1) is 22.8 Å². The third-order valence-electron chi connectivity index (χ3n) is 4.60. The van der Waals surface area contributed by atoms with Crippen molar-refractivity contribution in [2.45, 2.75) is 30.8 Å². The largest absolute Gasteiger partial charge is 0.501 e. The number of aromatic nitrogens is 3. The van der Waals surface area contributed by atoms with Gasteiger partial charge in [-0.1, -0.05) is 0 Å². The fourth-order valence-electron chi connectivity index (χ4n) is 3.00. The van der Waals surface area contributed by atoms with Gasteiger partial charge in [-0.15, -0.1) is 0 Å². The number of aromatic hydroxyl groups is 1. The molecule has 0 atom stereocenters. The average Bonchev–Trinajstić information content (AvgIpc) is 2.91. The number of hydrogen-bond acceptors (Lipinski definition) is 6. The number of rotatable bonds is 6. The molecule has 0 spiro atoms. The standard InChI is InChI=1S/C19H19F3N4O4S/c1-3-23-16-10-13(8-9-24-16)11-25-12(2)17(27)26(18(25)28)14-4-6-15(7-5-14)31(29,30)19(20,21)22/h4-10,27H,3,11H2,1-2H3,(H,23,24). The molecule has 31 heavy (non-hydrogen) atoms. The van der Waals surface area contributed by atoms with E-state index in [0.717, 1.165) is 34.4 Å². The van der Waals surface area contributed by atoms with Crippen molar-refractivity contribution in [1.29, 1.82) is 0 Å². The van der Waals surface area contributed by atoms with Gasteiger partial charge >= 0.3 is 11.2 Å². The topological polar surface area (TPSA) is 106 Å². The average molecular weight is 456 g/mol. The maximum absolute atomic E-state index is 12.9. The summed E-state index contributed by atoms with van der Waals surface area (Å²) in [6.45, 7) is 4.20. The number of anilines is 1. The van der Waals surface area contributed by atoms with Crippen molar-refractivity contribution in [3.05, 3.63) is 64.3 Å². The maximum atomic E-state index is 12.9. The van der Waals surface area contributed by atoms with Crippen molar-refractivity contribution >= 4 is 15.7 Å². The van der Waals surface area contributed by atoms with Crippen LogP contribution in [0.15, 0.2) is 52.3 Å². The smallest absolute Gasteiger partial charge is 0.493 e. The third-order valence-corrected chi connectivity index (χ3v) is 6.10. The number of halogens is 3. The van der Waals surface area contributed by atoms with Gasteiger partial charge in [-0.05, 0) is 55.8 Å². The van der Waals surface area contributed by atoms with Gasteiger partial charge in [-0.2, -0.15) is 13.2 Å². The highest BCUT2D eigenvalue weighted by atomic mass is 32.2. The van der Waals surface area contributed by atoms with Gasteiger partial charge in [-0.3, -0.25) is 4.57 Å². The lowest BCUT2D eigenvalue weighted by molar-refractivity contribution is -0.0436. The molecule has 1 aromatic carbocycles. The Morgan fingerprint density at radius 3 is 2.39 bits per heavy atom. The first-order valence-corrected chi connectivity index (χ1v) is 10.6. The van der Waals surface area contributed by atoms with Crippen LogP contribution in [0.3, 0.4) is 0 Å². The molecule has 0 bridgehead atoms. The van der Waals surface area contributed by atoms with E-state index in [9.17, 15) is 31.5 Å². The fourth-order valence-corrected chi connectivity index (χ4v) is 3.76. The highest BCUT2D eigenvalue weighted by Crippen LogP contribution is 2.31. The van der Waals surface area contributed by atoms with E-state index in [4.69, 9.17) is 0 Å². The molecule has 0 fully saturated rings. The Labute approximate surface area is 175 Å². The van der Waals surface area contributed by atoms with E-state index in [1.165, 1.54) is 11.5 Å². The zero-order valence-electron chi connectivity index (χ0n) is 16.5. The van der Waals surface area contributed by atoms with E-state index in [2.05, 4.69) is 10.3 Å². The summed E-state index contributed by atoms with van der Waals surface area (Å²) in [7, 11) is -5.52. The van der Waals surface area contributed by atoms with E-state index < -0.39 is 31.8 Å². The second-order valence-electron chi connectivity index (χ2n) is 6.64. The van der Waals surface area contributed by atoms with Crippen molar-refractivity contribution < 1.29 is 26.7 Å². The first-order valence-electron chi connectivity index (χ1n) is 9.09. The molecule has 12 heteroatoms. The molecule has 0 saturated carbocycles. The minimum atomic E-state index is -5.52. The van der Waals surface area contributed by atoms with Crippen molar-refractivity contribution in [3.8, 4) is 11.6 Å². The van der Waals surface area contributed by atoms with Crippen LogP contribution in [0, 0.1) is 6.92 Å². The molecule has 0 aliphatic heterocycles. The number of sulfone groups is 1. The Morgan fingerprint density at radius 2 is 1.81 bits per heavy atom. The molecule has 0 aliphatic rings. The summed E-state index contributed by atoms with van der Waals surface area (Å²) < 4.78 is 63.4. The Balaban J connectivity index is 1.99. The van der Waals surface area contributed by atoms with Crippen LogP contribution >= 0.6 is 0 Å². The normalized spacial score (nSPS) is 12.2. The molecule has 8 nitrogen and oxygen atoms in total. The van der Waals surface area contributed by atoms with E-state index in [1.54, 1.807) is 18.3 Å². The van der Waals surface area contributed by atoms with E-state index >= 15 is 0 Å². The van der Waals surface area contributed by atoms with Crippen LogP contribution in [0.1, 0.15) is 18.2 Å². The predicted molar refractivity (Wildman–Crippen MR) is 107 cm³/mol. The summed E-state index contributed by atoms with van der Waals surface area (Å²) in [6, 6.07) is 6.99. The molecule has 0 amide bonds. The molecule has 2 aromatic heterocycles. The van der Waals surface area contributed by atoms with Gasteiger partial charge in [-0.25, -0.2) is 22.8 Å². The lowest BCUT2D eigenvalue weighted by Crippen LogP contribution is -2.25. The lowest BCUT2D eigenvalue weighted by Gasteiger charge is -2.09. The Bertz CT molecular complexity index is 1260. The predicted octanol–water partition coefficient (Wildman–Crippen LogP) is 2.82. The molecular formula is C19H19F3N4O4S. The molecule has 2 N–H and O–H groups in total. The van der Waals surface area contributed by atoms with Crippen LogP contribution in [-0.2, 0) is 16.4 Å². The van der Waals surface area contributed by atoms with Crippen LogP contribution in [0.5, 0.6) is 5.88 Å². The van der Waals surface area contributed by atoms with Crippen LogP contribution in [0.4, 0.5) is 19.0 Å². The van der Waals surface area contributed by atoms with Gasteiger partial charge in [0.25, 0.3) is 9.84 Å². The minimum absolute atomic E-state index is 0.0218. The molecule has 0 aliphatic carbocycles. The zero-order chi connectivity index (χ0) is 23.0. The Hall–Kier alpha value is -3.28.